The molecule has 33 heavy (non-hydrogen) atoms. The SMILES string of the molecule is C.CC1=[C-]C(C)(C)C(C)=C1C.CC1=[C-]C(C)(C)C(C)=C1C.[C-]1=CC=CC1.[C-]1=CC=CC1.[Zr+2].[Zr+2]. The third kappa shape index (κ3) is 12.3. The first kappa shape index (κ1) is 37.2. The molecular formula is C31H44Zr2. The van der Waals surface area contributed by atoms with Crippen molar-refractivity contribution < 1.29 is 52.4 Å². The van der Waals surface area contributed by atoms with Crippen molar-refractivity contribution in [2.75, 3.05) is 0 Å². The van der Waals surface area contributed by atoms with Gasteiger partial charge in [0.1, 0.15) is 0 Å². The average molecular weight is 599 g/mol. The summed E-state index contributed by atoms with van der Waals surface area (Å²) in [5.41, 5.74) is 8.79. The first-order valence-electron chi connectivity index (χ1n) is 10.9. The van der Waals surface area contributed by atoms with Gasteiger partial charge in [0.2, 0.25) is 0 Å². The predicted octanol–water partition coefficient (Wildman–Crippen LogP) is 9.47. The molecule has 0 aromatic carbocycles. The molecule has 0 aliphatic heterocycles. The molecule has 4 rings (SSSR count). The summed E-state index contributed by atoms with van der Waals surface area (Å²) in [4.78, 5) is 0. The molecule has 176 valence electrons. The molecule has 0 radical (unpaired) electrons. The zero-order valence-corrected chi connectivity index (χ0v) is 26.8. The first-order chi connectivity index (χ1) is 13.9. The smallest absolute Gasteiger partial charge is 0.273 e. The van der Waals surface area contributed by atoms with E-state index in [9.17, 15) is 0 Å². The van der Waals surface area contributed by atoms with Crippen LogP contribution in [0, 0.1) is 35.1 Å². The van der Waals surface area contributed by atoms with Gasteiger partial charge in [0, 0.05) is 0 Å². The standard InChI is InChI=1S/2C10H15.2C5H5.CH4.2Zr/c2*1-7-6-10(4,5)9(3)8(7)2;2*1-2-4-5-3-1;;;/h2*1-5H3;2*1-3H,4H2;1H4;;/q4*-1;;2*+2. The van der Waals surface area contributed by atoms with Gasteiger partial charge in [0.05, 0.1) is 0 Å². The van der Waals surface area contributed by atoms with Crippen LogP contribution in [-0.4, -0.2) is 0 Å². The Morgan fingerprint density at radius 1 is 0.606 bits per heavy atom. The van der Waals surface area contributed by atoms with Gasteiger partial charge in [-0.1, -0.05) is 73.6 Å². The van der Waals surface area contributed by atoms with Gasteiger partial charge in [-0.2, -0.15) is 34.4 Å². The predicted molar refractivity (Wildman–Crippen MR) is 139 cm³/mol. The van der Waals surface area contributed by atoms with Gasteiger partial charge < -0.3 is 0 Å². The Morgan fingerprint density at radius 3 is 0.970 bits per heavy atom. The summed E-state index contributed by atoms with van der Waals surface area (Å²) < 4.78 is 0. The van der Waals surface area contributed by atoms with Crippen LogP contribution in [0.15, 0.2) is 69.9 Å². The van der Waals surface area contributed by atoms with Gasteiger partial charge >= 0.3 is 52.4 Å². The van der Waals surface area contributed by atoms with Crippen molar-refractivity contribution in [1.29, 1.82) is 0 Å². The van der Waals surface area contributed by atoms with E-state index in [1.807, 2.05) is 24.3 Å². The maximum Gasteiger partial charge on any atom is 2.00 e. The second-order valence-corrected chi connectivity index (χ2v) is 9.26. The van der Waals surface area contributed by atoms with Crippen LogP contribution in [-0.2, 0) is 52.4 Å². The molecule has 0 spiro atoms. The summed E-state index contributed by atoms with van der Waals surface area (Å²) in [6.07, 6.45) is 26.9. The van der Waals surface area contributed by atoms with E-state index in [0.29, 0.717) is 0 Å². The van der Waals surface area contributed by atoms with Gasteiger partial charge in [-0.25, -0.2) is 35.5 Å². The third-order valence-corrected chi connectivity index (χ3v) is 6.30. The maximum atomic E-state index is 3.44. The Morgan fingerprint density at radius 2 is 0.909 bits per heavy atom. The van der Waals surface area contributed by atoms with E-state index >= 15 is 0 Å². The second-order valence-electron chi connectivity index (χ2n) is 9.26. The summed E-state index contributed by atoms with van der Waals surface area (Å²) in [6.45, 7) is 21.8. The third-order valence-electron chi connectivity index (χ3n) is 6.30. The molecule has 0 aromatic rings. The Bertz CT molecular complexity index is 755. The summed E-state index contributed by atoms with van der Waals surface area (Å²) in [7, 11) is 0. The Kier molecular flexibility index (Phi) is 19.4. The van der Waals surface area contributed by atoms with Crippen molar-refractivity contribution in [3.05, 3.63) is 94.2 Å². The molecule has 0 heterocycles. The minimum absolute atomic E-state index is 0. The Balaban J connectivity index is -0.000000368. The zero-order valence-electron chi connectivity index (χ0n) is 21.9. The molecule has 0 N–H and O–H groups in total. The first-order valence-corrected chi connectivity index (χ1v) is 10.9. The fourth-order valence-corrected chi connectivity index (χ4v) is 3.49. The van der Waals surface area contributed by atoms with Gasteiger partial charge in [0.25, 0.3) is 0 Å². The van der Waals surface area contributed by atoms with E-state index in [1.165, 1.54) is 33.4 Å². The molecule has 0 saturated heterocycles. The van der Waals surface area contributed by atoms with Crippen LogP contribution in [0.3, 0.4) is 0 Å². The summed E-state index contributed by atoms with van der Waals surface area (Å²) in [6, 6.07) is 0. The number of hydrogen-bond acceptors (Lipinski definition) is 0. The fourth-order valence-electron chi connectivity index (χ4n) is 3.49. The van der Waals surface area contributed by atoms with Crippen molar-refractivity contribution in [2.24, 2.45) is 10.8 Å². The molecular weight excluding hydrogens is 555 g/mol. The van der Waals surface area contributed by atoms with Crippen molar-refractivity contribution >= 4 is 0 Å². The quantitative estimate of drug-likeness (QED) is 0.244. The van der Waals surface area contributed by atoms with Crippen molar-refractivity contribution in [3.8, 4) is 0 Å². The Hall–Kier alpha value is -0.314. The molecule has 0 nitrogen and oxygen atoms in total. The summed E-state index contributed by atoms with van der Waals surface area (Å²) in [5.74, 6) is 0. The van der Waals surface area contributed by atoms with Gasteiger partial charge in [-0.05, 0) is 0 Å². The van der Waals surface area contributed by atoms with Crippen LogP contribution < -0.4 is 0 Å². The normalized spacial score (nSPS) is 19.6. The monoisotopic (exact) mass is 596 g/mol. The van der Waals surface area contributed by atoms with Crippen LogP contribution >= 0.6 is 0 Å². The van der Waals surface area contributed by atoms with Crippen LogP contribution in [0.2, 0.25) is 0 Å². The summed E-state index contributed by atoms with van der Waals surface area (Å²) >= 11 is 0. The molecule has 4 aliphatic carbocycles. The van der Waals surface area contributed by atoms with E-state index in [4.69, 9.17) is 0 Å². The van der Waals surface area contributed by atoms with E-state index in [-0.39, 0.29) is 70.7 Å². The molecule has 0 amide bonds. The molecule has 0 saturated carbocycles. The van der Waals surface area contributed by atoms with Crippen molar-refractivity contribution in [2.45, 2.75) is 89.5 Å². The minimum atomic E-state index is 0. The van der Waals surface area contributed by atoms with Crippen LogP contribution in [0.5, 0.6) is 0 Å². The van der Waals surface area contributed by atoms with E-state index < -0.39 is 0 Å². The van der Waals surface area contributed by atoms with Crippen LogP contribution in [0.1, 0.15) is 89.5 Å². The summed E-state index contributed by atoms with van der Waals surface area (Å²) in [5, 5.41) is 0. The van der Waals surface area contributed by atoms with Gasteiger partial charge in [-0.3, -0.25) is 24.3 Å². The number of hydrogen-bond donors (Lipinski definition) is 0. The molecule has 0 fully saturated rings. The van der Waals surface area contributed by atoms with E-state index in [0.717, 1.165) is 12.8 Å². The molecule has 0 unspecified atom stereocenters. The van der Waals surface area contributed by atoms with Gasteiger partial charge in [-0.15, -0.1) is 26.7 Å². The number of rotatable bonds is 0. The minimum Gasteiger partial charge on any atom is -0.273 e. The molecule has 0 atom stereocenters. The van der Waals surface area contributed by atoms with Crippen LogP contribution in [0.25, 0.3) is 0 Å². The molecule has 2 heteroatoms. The Labute approximate surface area is 245 Å². The average Bonchev–Trinajstić information content (AvgIpc) is 3.46. The number of allylic oxidation sites excluding steroid dienone is 16. The van der Waals surface area contributed by atoms with E-state index in [1.54, 1.807) is 0 Å². The molecule has 0 aromatic heterocycles. The van der Waals surface area contributed by atoms with Crippen LogP contribution in [0.4, 0.5) is 0 Å². The fraction of sp³-hybridized carbons (Fsp3) is 0.484. The zero-order chi connectivity index (χ0) is 22.9. The molecule has 0 bridgehead atoms. The maximum absolute atomic E-state index is 3.44. The van der Waals surface area contributed by atoms with Crippen molar-refractivity contribution in [3.63, 3.8) is 0 Å². The second kappa shape index (κ2) is 17.2. The van der Waals surface area contributed by atoms with Crippen molar-refractivity contribution in [1.82, 2.24) is 0 Å². The van der Waals surface area contributed by atoms with E-state index in [2.05, 4.69) is 106 Å². The molecule has 4 aliphatic rings. The van der Waals surface area contributed by atoms with Gasteiger partial charge in [0.15, 0.2) is 0 Å². The topological polar surface area (TPSA) is 0 Å². The largest absolute Gasteiger partial charge is 2.00 e.